The Kier molecular flexibility index (Phi) is 3.41. The molecule has 0 bridgehead atoms. The van der Waals surface area contributed by atoms with E-state index in [1.807, 2.05) is 0 Å². The fraction of sp³-hybridized carbons (Fsp3) is 0.400. The summed E-state index contributed by atoms with van der Waals surface area (Å²) in [6.45, 7) is 1.75. The van der Waals surface area contributed by atoms with Gasteiger partial charge in [0.05, 0.1) is 13.2 Å². The number of hydrogen-bond acceptors (Lipinski definition) is 2. The van der Waals surface area contributed by atoms with E-state index < -0.39 is 17.7 Å². The number of aliphatic hydroxyl groups excluding tert-OH is 1. The van der Waals surface area contributed by atoms with Crippen LogP contribution in [0.1, 0.15) is 25.0 Å². The Balaban J connectivity index is 3.16. The standard InChI is InChI=1S/C10H12F2O2/c1-3-8(13)6-4-7(11)10(12)9(5-6)14-2/h4-5,8,13H,3H2,1-2H3. The van der Waals surface area contributed by atoms with Crippen LogP contribution in [0.2, 0.25) is 0 Å². The Morgan fingerprint density at radius 3 is 2.57 bits per heavy atom. The van der Waals surface area contributed by atoms with Crippen LogP contribution in [0.3, 0.4) is 0 Å². The van der Waals surface area contributed by atoms with Gasteiger partial charge in [-0.05, 0) is 24.1 Å². The smallest absolute Gasteiger partial charge is 0.200 e. The number of ether oxygens (including phenoxy) is 1. The Hall–Kier alpha value is -1.16. The third-order valence-corrected chi connectivity index (χ3v) is 2.01. The third kappa shape index (κ3) is 2.01. The molecule has 0 amide bonds. The van der Waals surface area contributed by atoms with Gasteiger partial charge in [-0.1, -0.05) is 6.92 Å². The predicted molar refractivity (Wildman–Crippen MR) is 48.2 cm³/mol. The number of benzene rings is 1. The molecule has 4 heteroatoms. The molecule has 1 N–H and O–H groups in total. The molecule has 0 heterocycles. The van der Waals surface area contributed by atoms with Gasteiger partial charge in [-0.25, -0.2) is 4.39 Å². The van der Waals surface area contributed by atoms with Crippen molar-refractivity contribution in [2.45, 2.75) is 19.4 Å². The molecule has 1 atom stereocenters. The van der Waals surface area contributed by atoms with Crippen LogP contribution in [0.4, 0.5) is 8.78 Å². The van der Waals surface area contributed by atoms with Crippen molar-refractivity contribution in [1.29, 1.82) is 0 Å². The van der Waals surface area contributed by atoms with E-state index in [0.29, 0.717) is 12.0 Å². The fourth-order valence-corrected chi connectivity index (χ4v) is 1.16. The first-order valence-electron chi connectivity index (χ1n) is 4.31. The normalized spacial score (nSPS) is 12.6. The number of halogens is 2. The SMILES string of the molecule is CCC(O)c1cc(F)c(F)c(OC)c1. The minimum atomic E-state index is -1.03. The number of methoxy groups -OCH3 is 1. The maximum atomic E-state index is 13.0. The van der Waals surface area contributed by atoms with Crippen LogP contribution in [0.5, 0.6) is 5.75 Å². The summed E-state index contributed by atoms with van der Waals surface area (Å²) in [5.74, 6) is -2.22. The van der Waals surface area contributed by atoms with Crippen LogP contribution >= 0.6 is 0 Å². The zero-order chi connectivity index (χ0) is 10.7. The van der Waals surface area contributed by atoms with Crippen molar-refractivity contribution >= 4 is 0 Å². The second kappa shape index (κ2) is 4.37. The van der Waals surface area contributed by atoms with Gasteiger partial charge >= 0.3 is 0 Å². The maximum Gasteiger partial charge on any atom is 0.200 e. The highest BCUT2D eigenvalue weighted by Crippen LogP contribution is 2.26. The van der Waals surface area contributed by atoms with E-state index in [1.165, 1.54) is 13.2 Å². The monoisotopic (exact) mass is 202 g/mol. The molecule has 0 aromatic heterocycles. The first-order valence-corrected chi connectivity index (χ1v) is 4.31. The highest BCUT2D eigenvalue weighted by molar-refractivity contribution is 5.32. The quantitative estimate of drug-likeness (QED) is 0.815. The molecule has 0 saturated heterocycles. The average molecular weight is 202 g/mol. The summed E-state index contributed by atoms with van der Waals surface area (Å²) in [4.78, 5) is 0. The Labute approximate surface area is 81.1 Å². The summed E-state index contributed by atoms with van der Waals surface area (Å²) < 4.78 is 30.6. The summed E-state index contributed by atoms with van der Waals surface area (Å²) in [7, 11) is 1.25. The molecule has 14 heavy (non-hydrogen) atoms. The van der Waals surface area contributed by atoms with Gasteiger partial charge in [0.15, 0.2) is 11.6 Å². The Morgan fingerprint density at radius 1 is 1.43 bits per heavy atom. The van der Waals surface area contributed by atoms with E-state index in [2.05, 4.69) is 4.74 Å². The molecule has 0 radical (unpaired) electrons. The van der Waals surface area contributed by atoms with Gasteiger partial charge < -0.3 is 9.84 Å². The van der Waals surface area contributed by atoms with Crippen molar-refractivity contribution in [2.24, 2.45) is 0 Å². The van der Waals surface area contributed by atoms with Gasteiger partial charge in [-0.2, -0.15) is 4.39 Å². The van der Waals surface area contributed by atoms with Crippen LogP contribution in [-0.4, -0.2) is 12.2 Å². The summed E-state index contributed by atoms with van der Waals surface area (Å²) >= 11 is 0. The molecule has 2 nitrogen and oxygen atoms in total. The summed E-state index contributed by atoms with van der Waals surface area (Å²) in [5, 5.41) is 9.42. The molecule has 78 valence electrons. The topological polar surface area (TPSA) is 29.5 Å². The lowest BCUT2D eigenvalue weighted by atomic mass is 10.1. The molecule has 0 spiro atoms. The molecule has 1 unspecified atom stereocenters. The molecule has 1 rings (SSSR count). The van der Waals surface area contributed by atoms with Crippen LogP contribution < -0.4 is 4.74 Å². The summed E-state index contributed by atoms with van der Waals surface area (Å²) in [6, 6.07) is 2.28. The minimum absolute atomic E-state index is 0.187. The van der Waals surface area contributed by atoms with Crippen molar-refractivity contribution in [2.75, 3.05) is 7.11 Å². The Bertz CT molecular complexity index is 326. The summed E-state index contributed by atoms with van der Waals surface area (Å²) in [6.07, 6.45) is -0.354. The molecular formula is C10H12F2O2. The third-order valence-electron chi connectivity index (χ3n) is 2.01. The average Bonchev–Trinajstić information content (AvgIpc) is 2.20. The van der Waals surface area contributed by atoms with Crippen LogP contribution in [0.25, 0.3) is 0 Å². The lowest BCUT2D eigenvalue weighted by molar-refractivity contribution is 0.172. The van der Waals surface area contributed by atoms with E-state index in [1.54, 1.807) is 6.92 Å². The lowest BCUT2D eigenvalue weighted by Crippen LogP contribution is -2.00. The lowest BCUT2D eigenvalue weighted by Gasteiger charge is -2.10. The zero-order valence-electron chi connectivity index (χ0n) is 8.05. The van der Waals surface area contributed by atoms with Crippen molar-refractivity contribution in [3.63, 3.8) is 0 Å². The van der Waals surface area contributed by atoms with Gasteiger partial charge in [0, 0.05) is 0 Å². The molecular weight excluding hydrogens is 190 g/mol. The molecule has 0 aliphatic heterocycles. The largest absolute Gasteiger partial charge is 0.494 e. The van der Waals surface area contributed by atoms with E-state index in [4.69, 9.17) is 0 Å². The molecule has 1 aromatic rings. The van der Waals surface area contributed by atoms with Gasteiger partial charge in [0.2, 0.25) is 5.82 Å². The van der Waals surface area contributed by atoms with Gasteiger partial charge in [0.25, 0.3) is 0 Å². The highest BCUT2D eigenvalue weighted by Gasteiger charge is 2.14. The number of aliphatic hydroxyl groups is 1. The second-order valence-electron chi connectivity index (χ2n) is 2.94. The first-order chi connectivity index (χ1) is 6.60. The highest BCUT2D eigenvalue weighted by atomic mass is 19.2. The van der Waals surface area contributed by atoms with E-state index in [9.17, 15) is 13.9 Å². The Morgan fingerprint density at radius 2 is 2.07 bits per heavy atom. The minimum Gasteiger partial charge on any atom is -0.494 e. The van der Waals surface area contributed by atoms with E-state index >= 15 is 0 Å². The van der Waals surface area contributed by atoms with Gasteiger partial charge in [0.1, 0.15) is 0 Å². The maximum absolute atomic E-state index is 13.0. The van der Waals surface area contributed by atoms with Crippen LogP contribution in [0.15, 0.2) is 12.1 Å². The fourth-order valence-electron chi connectivity index (χ4n) is 1.16. The number of hydrogen-bond donors (Lipinski definition) is 1. The summed E-state index contributed by atoms with van der Waals surface area (Å²) in [5.41, 5.74) is 0.322. The van der Waals surface area contributed by atoms with Crippen LogP contribution in [0, 0.1) is 11.6 Å². The van der Waals surface area contributed by atoms with Crippen molar-refractivity contribution < 1.29 is 18.6 Å². The second-order valence-corrected chi connectivity index (χ2v) is 2.94. The molecule has 0 fully saturated rings. The molecule has 0 saturated carbocycles. The van der Waals surface area contributed by atoms with Crippen molar-refractivity contribution in [1.82, 2.24) is 0 Å². The molecule has 1 aromatic carbocycles. The zero-order valence-corrected chi connectivity index (χ0v) is 8.05. The predicted octanol–water partition coefficient (Wildman–Crippen LogP) is 2.42. The van der Waals surface area contributed by atoms with Crippen molar-refractivity contribution in [3.8, 4) is 5.75 Å². The van der Waals surface area contributed by atoms with Gasteiger partial charge in [-0.15, -0.1) is 0 Å². The first kappa shape index (κ1) is 10.9. The number of rotatable bonds is 3. The van der Waals surface area contributed by atoms with E-state index in [-0.39, 0.29) is 5.75 Å². The van der Waals surface area contributed by atoms with Crippen LogP contribution in [-0.2, 0) is 0 Å². The van der Waals surface area contributed by atoms with E-state index in [0.717, 1.165) is 6.07 Å². The molecule has 0 aliphatic rings. The van der Waals surface area contributed by atoms with Gasteiger partial charge in [-0.3, -0.25) is 0 Å². The van der Waals surface area contributed by atoms with Crippen molar-refractivity contribution in [3.05, 3.63) is 29.3 Å². The molecule has 0 aliphatic carbocycles.